The maximum Gasteiger partial charge on any atom is 0.0617 e. The lowest BCUT2D eigenvalue weighted by molar-refractivity contribution is -0.0155. The predicted octanol–water partition coefficient (Wildman–Crippen LogP) is 2.19. The Balaban J connectivity index is 1.92. The summed E-state index contributed by atoms with van der Waals surface area (Å²) in [5.74, 6) is 0.694. The van der Waals surface area contributed by atoms with Gasteiger partial charge in [-0.15, -0.1) is 0 Å². The molecule has 0 saturated heterocycles. The van der Waals surface area contributed by atoms with Gasteiger partial charge in [-0.25, -0.2) is 0 Å². The summed E-state index contributed by atoms with van der Waals surface area (Å²) >= 11 is 0. The van der Waals surface area contributed by atoms with Crippen LogP contribution in [-0.4, -0.2) is 31.8 Å². The first-order valence-electron chi connectivity index (χ1n) is 7.27. The zero-order chi connectivity index (χ0) is 13.5. The molecule has 3 nitrogen and oxygen atoms in total. The third-order valence-corrected chi connectivity index (χ3v) is 4.85. The molecule has 19 heavy (non-hydrogen) atoms. The Morgan fingerprint density at radius 2 is 2.11 bits per heavy atom. The largest absolute Gasteiger partial charge is 0.381 e. The van der Waals surface area contributed by atoms with Gasteiger partial charge in [-0.2, -0.15) is 0 Å². The topological polar surface area (TPSA) is 38.5 Å². The first-order valence-corrected chi connectivity index (χ1v) is 7.27. The third kappa shape index (κ3) is 2.05. The van der Waals surface area contributed by atoms with E-state index < -0.39 is 0 Å². The summed E-state index contributed by atoms with van der Waals surface area (Å²) in [6.07, 6.45) is 3.68. The van der Waals surface area contributed by atoms with Crippen molar-refractivity contribution in [1.82, 2.24) is 0 Å². The summed E-state index contributed by atoms with van der Waals surface area (Å²) in [5, 5.41) is 0. The van der Waals surface area contributed by atoms with Crippen LogP contribution in [-0.2, 0) is 11.2 Å². The Morgan fingerprint density at radius 3 is 2.79 bits per heavy atom. The van der Waals surface area contributed by atoms with E-state index in [1.807, 2.05) is 0 Å². The van der Waals surface area contributed by atoms with Gasteiger partial charge in [0.05, 0.1) is 11.6 Å². The van der Waals surface area contributed by atoms with Crippen LogP contribution in [0.3, 0.4) is 0 Å². The average Bonchev–Trinajstić information content (AvgIpc) is 2.38. The molecule has 1 atom stereocenters. The monoisotopic (exact) mass is 260 g/mol. The van der Waals surface area contributed by atoms with Crippen LogP contribution in [0.25, 0.3) is 0 Å². The summed E-state index contributed by atoms with van der Waals surface area (Å²) in [6, 6.07) is 8.79. The van der Waals surface area contributed by atoms with Gasteiger partial charge in [-0.3, -0.25) is 0 Å². The summed E-state index contributed by atoms with van der Waals surface area (Å²) < 4.78 is 5.47. The zero-order valence-corrected chi connectivity index (χ0v) is 11.9. The highest BCUT2D eigenvalue weighted by Crippen LogP contribution is 2.44. The highest BCUT2D eigenvalue weighted by atomic mass is 16.5. The van der Waals surface area contributed by atoms with Crippen LogP contribution >= 0.6 is 0 Å². The average molecular weight is 260 g/mol. The van der Waals surface area contributed by atoms with Gasteiger partial charge in [0.2, 0.25) is 0 Å². The van der Waals surface area contributed by atoms with E-state index in [9.17, 15) is 0 Å². The van der Waals surface area contributed by atoms with Crippen molar-refractivity contribution in [3.63, 3.8) is 0 Å². The van der Waals surface area contributed by atoms with Crippen molar-refractivity contribution < 1.29 is 4.74 Å². The Bertz CT molecular complexity index is 454. The van der Waals surface area contributed by atoms with E-state index in [4.69, 9.17) is 10.5 Å². The molecule has 1 aromatic carbocycles. The van der Waals surface area contributed by atoms with Crippen molar-refractivity contribution in [3.05, 3.63) is 29.8 Å². The maximum absolute atomic E-state index is 6.12. The number of fused-ring (bicyclic) bond motifs is 1. The van der Waals surface area contributed by atoms with Gasteiger partial charge in [-0.05, 0) is 36.8 Å². The minimum absolute atomic E-state index is 0.117. The fourth-order valence-corrected chi connectivity index (χ4v) is 3.70. The molecule has 0 spiro atoms. The minimum atomic E-state index is 0.117. The lowest BCUT2D eigenvalue weighted by Crippen LogP contribution is -2.65. The van der Waals surface area contributed by atoms with E-state index in [1.165, 1.54) is 17.7 Å². The van der Waals surface area contributed by atoms with Gasteiger partial charge in [0.25, 0.3) is 0 Å². The molecule has 1 heterocycles. The second kappa shape index (κ2) is 4.80. The molecular formula is C16H24N2O. The molecule has 0 bridgehead atoms. The van der Waals surface area contributed by atoms with Crippen LogP contribution in [0.1, 0.15) is 25.3 Å². The van der Waals surface area contributed by atoms with E-state index >= 15 is 0 Å². The molecule has 1 aliphatic carbocycles. The molecule has 1 aromatic rings. The fraction of sp³-hybridized carbons (Fsp3) is 0.625. The molecule has 1 saturated carbocycles. The van der Waals surface area contributed by atoms with Gasteiger partial charge < -0.3 is 15.4 Å². The summed E-state index contributed by atoms with van der Waals surface area (Å²) in [6.45, 7) is 4.16. The SMILES string of the molecule is COC1CC(CN)(N2CC(C)Cc3ccccc32)C1. The fourth-order valence-electron chi connectivity index (χ4n) is 3.70. The minimum Gasteiger partial charge on any atom is -0.381 e. The molecule has 0 amide bonds. The van der Waals surface area contributed by atoms with E-state index in [-0.39, 0.29) is 5.54 Å². The molecule has 1 unspecified atom stereocenters. The molecule has 1 fully saturated rings. The van der Waals surface area contributed by atoms with Crippen molar-refractivity contribution in [2.45, 2.75) is 37.8 Å². The van der Waals surface area contributed by atoms with Crippen molar-refractivity contribution >= 4 is 5.69 Å². The molecule has 2 aliphatic rings. The molecule has 3 heteroatoms. The number of methoxy groups -OCH3 is 1. The Kier molecular flexibility index (Phi) is 3.27. The van der Waals surface area contributed by atoms with Gasteiger partial charge in [-0.1, -0.05) is 25.1 Å². The first kappa shape index (κ1) is 12.9. The first-order chi connectivity index (χ1) is 9.18. The Labute approximate surface area is 115 Å². The Morgan fingerprint density at radius 1 is 1.37 bits per heavy atom. The highest BCUT2D eigenvalue weighted by Gasteiger charge is 2.49. The number of nitrogens with two attached hydrogens (primary N) is 1. The molecule has 1 aliphatic heterocycles. The summed E-state index contributed by atoms with van der Waals surface area (Å²) in [5.41, 5.74) is 9.10. The van der Waals surface area contributed by atoms with E-state index in [2.05, 4.69) is 36.1 Å². The molecule has 2 N–H and O–H groups in total. The van der Waals surface area contributed by atoms with Gasteiger partial charge in [0.15, 0.2) is 0 Å². The van der Waals surface area contributed by atoms with Gasteiger partial charge >= 0.3 is 0 Å². The normalized spacial score (nSPS) is 33.7. The third-order valence-electron chi connectivity index (χ3n) is 4.85. The van der Waals surface area contributed by atoms with Crippen LogP contribution < -0.4 is 10.6 Å². The second-order valence-electron chi connectivity index (χ2n) is 6.24. The van der Waals surface area contributed by atoms with Crippen molar-refractivity contribution in [2.75, 3.05) is 25.1 Å². The number of para-hydroxylation sites is 1. The van der Waals surface area contributed by atoms with E-state index in [0.717, 1.165) is 19.4 Å². The van der Waals surface area contributed by atoms with Gasteiger partial charge in [0, 0.05) is 25.9 Å². The molecule has 3 rings (SSSR count). The van der Waals surface area contributed by atoms with Crippen molar-refractivity contribution in [2.24, 2.45) is 11.7 Å². The molecule has 0 radical (unpaired) electrons. The van der Waals surface area contributed by atoms with Gasteiger partial charge in [0.1, 0.15) is 0 Å². The molecule has 0 aromatic heterocycles. The summed E-state index contributed by atoms with van der Waals surface area (Å²) in [7, 11) is 1.80. The van der Waals surface area contributed by atoms with E-state index in [0.29, 0.717) is 18.6 Å². The van der Waals surface area contributed by atoms with Crippen LogP contribution in [0.5, 0.6) is 0 Å². The van der Waals surface area contributed by atoms with Crippen LogP contribution in [0.15, 0.2) is 24.3 Å². The smallest absolute Gasteiger partial charge is 0.0617 e. The number of hydrogen-bond acceptors (Lipinski definition) is 3. The van der Waals surface area contributed by atoms with Crippen molar-refractivity contribution in [1.29, 1.82) is 0 Å². The summed E-state index contributed by atoms with van der Waals surface area (Å²) in [4.78, 5) is 2.56. The van der Waals surface area contributed by atoms with Crippen LogP contribution in [0.4, 0.5) is 5.69 Å². The van der Waals surface area contributed by atoms with Crippen LogP contribution in [0, 0.1) is 5.92 Å². The van der Waals surface area contributed by atoms with Crippen molar-refractivity contribution in [3.8, 4) is 0 Å². The Hall–Kier alpha value is -1.06. The number of nitrogens with zero attached hydrogens (tertiary/aromatic N) is 1. The van der Waals surface area contributed by atoms with E-state index in [1.54, 1.807) is 7.11 Å². The maximum atomic E-state index is 6.12. The lowest BCUT2D eigenvalue weighted by Gasteiger charge is -2.56. The second-order valence-corrected chi connectivity index (χ2v) is 6.24. The predicted molar refractivity (Wildman–Crippen MR) is 78.5 cm³/mol. The number of benzene rings is 1. The standard InChI is InChI=1S/C16H24N2O/c1-12-7-13-5-3-4-6-15(13)18(10-12)16(11-17)8-14(9-16)19-2/h3-6,12,14H,7-11,17H2,1-2H3. The highest BCUT2D eigenvalue weighted by molar-refractivity contribution is 5.58. The number of hydrogen-bond donors (Lipinski definition) is 1. The molecule has 104 valence electrons. The molecular weight excluding hydrogens is 236 g/mol. The zero-order valence-electron chi connectivity index (χ0n) is 11.9. The number of rotatable bonds is 3. The van der Waals surface area contributed by atoms with Crippen LogP contribution in [0.2, 0.25) is 0 Å². The number of anilines is 1. The quantitative estimate of drug-likeness (QED) is 0.905. The number of ether oxygens (including phenoxy) is 1. The lowest BCUT2D eigenvalue weighted by atomic mass is 9.71.